The number of para-hydroxylation sites is 1. The first-order valence-corrected chi connectivity index (χ1v) is 19.9. The fourth-order valence-electron chi connectivity index (χ4n) is 8.96. The quantitative estimate of drug-likeness (QED) is 0.157. The van der Waals surface area contributed by atoms with E-state index in [0.717, 1.165) is 54.2 Å². The molecule has 0 spiro atoms. The summed E-state index contributed by atoms with van der Waals surface area (Å²) in [4.78, 5) is 1.42. The molecule has 0 aliphatic heterocycles. The lowest BCUT2D eigenvalue weighted by atomic mass is 9.85. The molecule has 60 heavy (non-hydrogen) atoms. The van der Waals surface area contributed by atoms with Crippen LogP contribution >= 0.6 is 0 Å². The average molecular weight is 772 g/mol. The van der Waals surface area contributed by atoms with E-state index in [0.29, 0.717) is 38.8 Å². The van der Waals surface area contributed by atoms with Gasteiger partial charge in [-0.05, 0) is 113 Å². The third-order valence-electron chi connectivity index (χ3n) is 11.6. The van der Waals surface area contributed by atoms with Crippen LogP contribution in [0.15, 0.2) is 229 Å². The van der Waals surface area contributed by atoms with Gasteiger partial charge in [0.05, 0.1) is 16.7 Å². The summed E-state index contributed by atoms with van der Waals surface area (Å²) in [5, 5.41) is 8.12. The fraction of sp³-hybridized carbons (Fsp3) is 0. The Balaban J connectivity index is 1.19. The minimum atomic E-state index is -0.420. The summed E-state index contributed by atoms with van der Waals surface area (Å²) in [7, 11) is 0. The maximum atomic E-state index is 10.1. The zero-order valence-electron chi connectivity index (χ0n) is 40.1. The summed E-state index contributed by atoms with van der Waals surface area (Å²) in [6.45, 7) is 0. The van der Waals surface area contributed by atoms with Crippen molar-refractivity contribution >= 4 is 82.1 Å². The number of furan rings is 1. The molecular formula is C58H37NO. The highest BCUT2D eigenvalue weighted by Gasteiger charge is 2.21. The Bertz CT molecular complexity index is 4030. The van der Waals surface area contributed by atoms with E-state index in [-0.39, 0.29) is 46.7 Å². The Hall–Kier alpha value is -7.94. The van der Waals surface area contributed by atoms with Crippen molar-refractivity contribution in [2.45, 2.75) is 0 Å². The lowest BCUT2D eigenvalue weighted by Gasteiger charge is -2.28. The maximum Gasteiger partial charge on any atom is 0.136 e. The Morgan fingerprint density at radius 1 is 0.350 bits per heavy atom. The summed E-state index contributed by atoms with van der Waals surface area (Å²) >= 11 is 0. The van der Waals surface area contributed by atoms with E-state index in [1.165, 1.54) is 4.90 Å². The molecule has 12 aromatic rings. The van der Waals surface area contributed by atoms with Crippen molar-refractivity contribution < 1.29 is 15.4 Å². The highest BCUT2D eigenvalue weighted by molar-refractivity contribution is 6.22. The fourth-order valence-corrected chi connectivity index (χ4v) is 8.96. The van der Waals surface area contributed by atoms with Gasteiger partial charge in [-0.2, -0.15) is 0 Å². The van der Waals surface area contributed by atoms with Gasteiger partial charge < -0.3 is 9.32 Å². The van der Waals surface area contributed by atoms with Crippen molar-refractivity contribution in [2.75, 3.05) is 4.90 Å². The molecule has 0 amide bonds. The Morgan fingerprint density at radius 2 is 0.833 bits per heavy atom. The number of fused-ring (bicyclic) bond motifs is 9. The smallest absolute Gasteiger partial charge is 0.136 e. The Morgan fingerprint density at radius 3 is 1.50 bits per heavy atom. The van der Waals surface area contributed by atoms with Crippen molar-refractivity contribution in [3.05, 3.63) is 224 Å². The summed E-state index contributed by atoms with van der Waals surface area (Å²) in [6.07, 6.45) is 0. The lowest BCUT2D eigenvalue weighted by molar-refractivity contribution is 0.669. The first-order valence-electron chi connectivity index (χ1n) is 23.9. The predicted octanol–water partition coefficient (Wildman–Crippen LogP) is 16.7. The standard InChI is InChI=1S/C58H37NO/c1-2-15-39(16-3-1)56-50-23-10-7-20-47(50)48-21-8-11-24-51(48)57(56)40-31-35-43(36-32-40)59(53-37-41-17-4-5-18-44(41)46-19-6-9-22-49(46)53)42-33-29-38(30-34-42)45-26-14-28-55-58(45)52-25-12-13-27-54(52)60-55/h1-37H/i29D,30D,31D,32D,33D,34D,35D,36D. The molecule has 2 nitrogen and oxygen atoms in total. The van der Waals surface area contributed by atoms with Crippen molar-refractivity contribution in [2.24, 2.45) is 0 Å². The second kappa shape index (κ2) is 13.9. The van der Waals surface area contributed by atoms with Crippen LogP contribution in [0.4, 0.5) is 17.1 Å². The van der Waals surface area contributed by atoms with Gasteiger partial charge in [0.2, 0.25) is 0 Å². The van der Waals surface area contributed by atoms with Crippen LogP contribution in [0.3, 0.4) is 0 Å². The Kier molecular flexibility index (Phi) is 6.21. The summed E-state index contributed by atoms with van der Waals surface area (Å²) in [6, 6.07) is 52.7. The molecule has 280 valence electrons. The van der Waals surface area contributed by atoms with Crippen molar-refractivity contribution in [1.29, 1.82) is 0 Å². The SMILES string of the molecule is [2H]c1c([2H])c(N(c2c([2H])c([2H])c(-c3cccc4oc5ccccc5c34)c([2H])c2[2H])c2cc3ccccc3c3ccccc23)c([2H])c([2H])c1-c1c(-c2ccccc2)c2ccccc2c2ccccc12. The van der Waals surface area contributed by atoms with Crippen LogP contribution in [-0.2, 0) is 0 Å². The van der Waals surface area contributed by atoms with E-state index in [4.69, 9.17) is 4.42 Å². The molecule has 0 aliphatic carbocycles. The van der Waals surface area contributed by atoms with Crippen molar-refractivity contribution in [3.63, 3.8) is 0 Å². The maximum absolute atomic E-state index is 10.1. The summed E-state index contributed by atoms with van der Waals surface area (Å²) in [5.41, 5.74) is 3.87. The molecule has 0 N–H and O–H groups in total. The molecule has 0 atom stereocenters. The average Bonchev–Trinajstić information content (AvgIpc) is 3.77. The van der Waals surface area contributed by atoms with E-state index in [1.54, 1.807) is 12.1 Å². The van der Waals surface area contributed by atoms with Crippen molar-refractivity contribution in [1.82, 2.24) is 0 Å². The molecule has 0 aliphatic rings. The minimum absolute atomic E-state index is 0.0655. The topological polar surface area (TPSA) is 16.4 Å². The molecule has 0 fully saturated rings. The molecule has 0 bridgehead atoms. The molecule has 12 rings (SSSR count). The molecule has 0 unspecified atom stereocenters. The van der Waals surface area contributed by atoms with E-state index >= 15 is 0 Å². The van der Waals surface area contributed by atoms with Crippen LogP contribution in [0.25, 0.3) is 98.4 Å². The third-order valence-corrected chi connectivity index (χ3v) is 11.6. The van der Waals surface area contributed by atoms with Crippen LogP contribution in [0.2, 0.25) is 0 Å². The first-order chi connectivity index (χ1) is 33.1. The zero-order valence-corrected chi connectivity index (χ0v) is 32.1. The number of hydrogen-bond acceptors (Lipinski definition) is 2. The van der Waals surface area contributed by atoms with Gasteiger partial charge >= 0.3 is 0 Å². The minimum Gasteiger partial charge on any atom is -0.456 e. The van der Waals surface area contributed by atoms with E-state index in [2.05, 4.69) is 6.07 Å². The van der Waals surface area contributed by atoms with Crippen LogP contribution in [0.1, 0.15) is 11.0 Å². The van der Waals surface area contributed by atoms with Crippen LogP contribution in [0.5, 0.6) is 0 Å². The molecule has 1 aromatic heterocycles. The highest BCUT2D eigenvalue weighted by Crippen LogP contribution is 2.47. The second-order valence-corrected chi connectivity index (χ2v) is 14.9. The monoisotopic (exact) mass is 771 g/mol. The van der Waals surface area contributed by atoms with E-state index < -0.39 is 24.2 Å². The number of hydrogen-bond donors (Lipinski definition) is 0. The molecule has 2 heteroatoms. The van der Waals surface area contributed by atoms with Gasteiger partial charge in [-0.3, -0.25) is 0 Å². The molecule has 11 aromatic carbocycles. The van der Waals surface area contributed by atoms with Gasteiger partial charge in [-0.15, -0.1) is 0 Å². The number of rotatable bonds is 6. The Labute approximate surface area is 359 Å². The third kappa shape index (κ3) is 5.42. The van der Waals surface area contributed by atoms with Gasteiger partial charge in [0, 0.05) is 27.5 Å². The summed E-state index contributed by atoms with van der Waals surface area (Å²) in [5.74, 6) is 0. The van der Waals surface area contributed by atoms with E-state index in [1.807, 2.05) is 158 Å². The summed E-state index contributed by atoms with van der Waals surface area (Å²) < 4.78 is 85.7. The predicted molar refractivity (Wildman–Crippen MR) is 255 cm³/mol. The highest BCUT2D eigenvalue weighted by atomic mass is 16.3. The zero-order chi connectivity index (χ0) is 46.5. The number of nitrogens with zero attached hydrogens (tertiary/aromatic N) is 1. The first kappa shape index (κ1) is 26.9. The normalized spacial score (nSPS) is 13.5. The van der Waals surface area contributed by atoms with Gasteiger partial charge in [-0.25, -0.2) is 0 Å². The van der Waals surface area contributed by atoms with Gasteiger partial charge in [0.15, 0.2) is 0 Å². The largest absolute Gasteiger partial charge is 0.456 e. The number of benzene rings is 11. The lowest BCUT2D eigenvalue weighted by Crippen LogP contribution is -2.10. The molecule has 0 saturated carbocycles. The van der Waals surface area contributed by atoms with Crippen LogP contribution in [-0.4, -0.2) is 0 Å². The molecular weight excluding hydrogens is 727 g/mol. The molecule has 0 saturated heterocycles. The molecule has 0 radical (unpaired) electrons. The molecule has 1 heterocycles. The second-order valence-electron chi connectivity index (χ2n) is 14.9. The van der Waals surface area contributed by atoms with Gasteiger partial charge in [-0.1, -0.05) is 182 Å². The van der Waals surface area contributed by atoms with Gasteiger partial charge in [0.25, 0.3) is 0 Å². The van der Waals surface area contributed by atoms with Crippen LogP contribution in [0, 0.1) is 0 Å². The van der Waals surface area contributed by atoms with Crippen LogP contribution < -0.4 is 4.90 Å². The van der Waals surface area contributed by atoms with Gasteiger partial charge in [0.1, 0.15) is 11.2 Å². The number of anilines is 3. The van der Waals surface area contributed by atoms with E-state index in [9.17, 15) is 11.0 Å². The van der Waals surface area contributed by atoms with Crippen molar-refractivity contribution in [3.8, 4) is 33.4 Å².